The van der Waals surface area contributed by atoms with E-state index in [0.29, 0.717) is 6.42 Å². The molecule has 1 aromatic carbocycles. The lowest BCUT2D eigenvalue weighted by Gasteiger charge is -2.47. The van der Waals surface area contributed by atoms with Crippen molar-refractivity contribution in [3.8, 4) is 0 Å². The Hall–Kier alpha value is -1.81. The van der Waals surface area contributed by atoms with Crippen LogP contribution in [-0.4, -0.2) is 17.5 Å². The van der Waals surface area contributed by atoms with E-state index in [1.54, 1.807) is 0 Å². The number of hydrazine groups is 1. The summed E-state index contributed by atoms with van der Waals surface area (Å²) in [6.45, 7) is 10.5. The number of carbonyl (C=O) groups excluding carboxylic acids is 1. The zero-order valence-electron chi connectivity index (χ0n) is 13.5. The molecule has 0 fully saturated rings. The van der Waals surface area contributed by atoms with Gasteiger partial charge in [-0.3, -0.25) is 10.2 Å². The Morgan fingerprint density at radius 3 is 2.62 bits per heavy atom. The van der Waals surface area contributed by atoms with E-state index in [4.69, 9.17) is 5.84 Å². The number of amides is 1. The largest absolute Gasteiger partial charge is 0.350 e. The minimum absolute atomic E-state index is 0.146. The van der Waals surface area contributed by atoms with Gasteiger partial charge in [-0.25, -0.2) is 5.84 Å². The summed E-state index contributed by atoms with van der Waals surface area (Å²) in [5.41, 5.74) is 6.83. The zero-order chi connectivity index (χ0) is 15.8. The number of benzene rings is 1. The van der Waals surface area contributed by atoms with Crippen molar-refractivity contribution in [1.29, 1.82) is 0 Å². The van der Waals surface area contributed by atoms with E-state index in [9.17, 15) is 4.79 Å². The van der Waals surface area contributed by atoms with E-state index < -0.39 is 0 Å². The maximum atomic E-state index is 12.2. The van der Waals surface area contributed by atoms with Gasteiger partial charge in [0.25, 0.3) is 5.91 Å². The van der Waals surface area contributed by atoms with E-state index in [0.717, 1.165) is 5.69 Å². The molecule has 0 radical (unpaired) electrons. The molecule has 1 aliphatic rings. The first-order valence-electron chi connectivity index (χ1n) is 7.42. The number of para-hydroxylation sites is 1. The van der Waals surface area contributed by atoms with Gasteiger partial charge in [-0.1, -0.05) is 31.2 Å². The summed E-state index contributed by atoms with van der Waals surface area (Å²) in [4.78, 5) is 14.4. The van der Waals surface area contributed by atoms with Gasteiger partial charge < -0.3 is 4.90 Å². The molecule has 2 rings (SSSR count). The van der Waals surface area contributed by atoms with Crippen molar-refractivity contribution in [3.05, 3.63) is 35.4 Å². The van der Waals surface area contributed by atoms with E-state index in [2.05, 4.69) is 62.3 Å². The number of aryl methyl sites for hydroxylation is 1. The third-order valence-corrected chi connectivity index (χ3v) is 4.24. The van der Waals surface area contributed by atoms with Crippen LogP contribution in [0.3, 0.4) is 0 Å². The first-order chi connectivity index (χ1) is 9.83. The number of nitrogens with zero attached hydrogens (tertiary/aromatic N) is 1. The molecule has 0 saturated carbocycles. The predicted octanol–water partition coefficient (Wildman–Crippen LogP) is 2.77. The predicted molar refractivity (Wildman–Crippen MR) is 87.8 cm³/mol. The van der Waals surface area contributed by atoms with E-state index in [-0.39, 0.29) is 17.5 Å². The Labute approximate surface area is 127 Å². The molecule has 0 aromatic heterocycles. The van der Waals surface area contributed by atoms with Gasteiger partial charge in [0.05, 0.1) is 5.54 Å². The Morgan fingerprint density at radius 1 is 1.38 bits per heavy atom. The maximum absolute atomic E-state index is 12.2. The Kier molecular flexibility index (Phi) is 4.10. The van der Waals surface area contributed by atoms with E-state index in [1.807, 2.05) is 6.92 Å². The Morgan fingerprint density at radius 2 is 2.05 bits per heavy atom. The minimum Gasteiger partial charge on any atom is -0.350 e. The van der Waals surface area contributed by atoms with Crippen LogP contribution in [0.1, 0.15) is 45.2 Å². The summed E-state index contributed by atoms with van der Waals surface area (Å²) in [6, 6.07) is 5.98. The molecule has 1 aliphatic heterocycles. The van der Waals surface area contributed by atoms with Crippen molar-refractivity contribution < 1.29 is 4.79 Å². The van der Waals surface area contributed by atoms with Crippen LogP contribution in [0.2, 0.25) is 0 Å². The molecule has 0 spiro atoms. The quantitative estimate of drug-likeness (QED) is 0.510. The highest BCUT2D eigenvalue weighted by molar-refractivity contribution is 5.90. The monoisotopic (exact) mass is 287 g/mol. The van der Waals surface area contributed by atoms with Crippen molar-refractivity contribution in [2.45, 2.75) is 52.6 Å². The Bertz CT molecular complexity index is 590. The third kappa shape index (κ3) is 2.56. The highest BCUT2D eigenvalue weighted by Gasteiger charge is 2.38. The number of rotatable bonds is 3. The van der Waals surface area contributed by atoms with Gasteiger partial charge in [0, 0.05) is 11.3 Å². The second-order valence-corrected chi connectivity index (χ2v) is 6.25. The molecule has 1 atom stereocenters. The van der Waals surface area contributed by atoms with Crippen LogP contribution in [-0.2, 0) is 4.79 Å². The number of carbonyl (C=O) groups is 1. The molecule has 1 heterocycles. The average molecular weight is 287 g/mol. The van der Waals surface area contributed by atoms with Gasteiger partial charge in [-0.05, 0) is 45.3 Å². The van der Waals surface area contributed by atoms with Crippen molar-refractivity contribution in [3.63, 3.8) is 0 Å². The van der Waals surface area contributed by atoms with Crippen LogP contribution in [0, 0.1) is 6.92 Å². The maximum Gasteiger partial charge on any atom is 0.256 e. The lowest BCUT2D eigenvalue weighted by molar-refractivity contribution is -0.122. The molecule has 0 unspecified atom stereocenters. The number of nitrogens with one attached hydrogen (secondary N) is 1. The summed E-state index contributed by atoms with van der Waals surface area (Å²) in [6.07, 6.45) is 2.92. The summed E-state index contributed by atoms with van der Waals surface area (Å²) >= 11 is 0. The smallest absolute Gasteiger partial charge is 0.256 e. The molecule has 0 bridgehead atoms. The molecule has 0 aliphatic carbocycles. The van der Waals surface area contributed by atoms with E-state index >= 15 is 0 Å². The first kappa shape index (κ1) is 15.6. The second-order valence-electron chi connectivity index (χ2n) is 6.25. The number of nitrogens with two attached hydrogens (primary N) is 1. The first-order valence-corrected chi connectivity index (χ1v) is 7.42. The molecular formula is C17H25N3O. The molecule has 114 valence electrons. The molecular weight excluding hydrogens is 262 g/mol. The van der Waals surface area contributed by atoms with Gasteiger partial charge in [-0.15, -0.1) is 0 Å². The van der Waals surface area contributed by atoms with Crippen molar-refractivity contribution >= 4 is 17.2 Å². The van der Waals surface area contributed by atoms with Gasteiger partial charge >= 0.3 is 0 Å². The van der Waals surface area contributed by atoms with E-state index in [1.165, 1.54) is 16.7 Å². The van der Waals surface area contributed by atoms with Gasteiger partial charge in [0.2, 0.25) is 0 Å². The lowest BCUT2D eigenvalue weighted by Crippen LogP contribution is -2.57. The highest BCUT2D eigenvalue weighted by Crippen LogP contribution is 2.42. The van der Waals surface area contributed by atoms with Crippen LogP contribution in [0.25, 0.3) is 5.57 Å². The minimum atomic E-state index is -0.283. The van der Waals surface area contributed by atoms with Crippen molar-refractivity contribution in [1.82, 2.24) is 5.43 Å². The number of hydrogen-bond donors (Lipinski definition) is 2. The summed E-state index contributed by atoms with van der Waals surface area (Å²) in [5, 5.41) is 0. The van der Waals surface area contributed by atoms with Crippen LogP contribution in [0.15, 0.2) is 24.3 Å². The Balaban J connectivity index is 2.67. The number of fused-ring (bicyclic) bond motifs is 1. The van der Waals surface area contributed by atoms with Crippen LogP contribution >= 0.6 is 0 Å². The summed E-state index contributed by atoms with van der Waals surface area (Å²) in [7, 11) is 0. The SMILES string of the molecule is CC[C@@H](C(=O)NN)N1c2c(C)cccc2C(C)=CC1(C)C. The fraction of sp³-hybridized carbons (Fsp3) is 0.471. The third-order valence-electron chi connectivity index (χ3n) is 4.24. The number of anilines is 1. The fourth-order valence-corrected chi connectivity index (χ4v) is 3.40. The fourth-order valence-electron chi connectivity index (χ4n) is 3.40. The lowest BCUT2D eigenvalue weighted by atomic mass is 9.85. The summed E-state index contributed by atoms with van der Waals surface area (Å²) in [5.74, 6) is 5.24. The zero-order valence-corrected chi connectivity index (χ0v) is 13.5. The molecule has 1 aromatic rings. The summed E-state index contributed by atoms with van der Waals surface area (Å²) < 4.78 is 0. The molecule has 21 heavy (non-hydrogen) atoms. The molecule has 1 amide bonds. The van der Waals surface area contributed by atoms with Crippen LogP contribution in [0.5, 0.6) is 0 Å². The topological polar surface area (TPSA) is 58.4 Å². The number of allylic oxidation sites excluding steroid dienone is 1. The van der Waals surface area contributed by atoms with Crippen molar-refractivity contribution in [2.75, 3.05) is 4.90 Å². The molecule has 0 saturated heterocycles. The van der Waals surface area contributed by atoms with Gasteiger partial charge in [-0.2, -0.15) is 0 Å². The second kappa shape index (κ2) is 5.53. The number of hydrogen-bond acceptors (Lipinski definition) is 3. The standard InChI is InChI=1S/C17H25N3O/c1-6-14(16(21)19-18)20-15-11(2)8-7-9-13(15)12(3)10-17(20,4)5/h7-10,14H,6,18H2,1-5H3,(H,19,21)/t14-/m0/s1. The highest BCUT2D eigenvalue weighted by atomic mass is 16.2. The normalized spacial score (nSPS) is 17.8. The van der Waals surface area contributed by atoms with Gasteiger partial charge in [0.15, 0.2) is 0 Å². The molecule has 4 nitrogen and oxygen atoms in total. The van der Waals surface area contributed by atoms with Crippen molar-refractivity contribution in [2.24, 2.45) is 5.84 Å². The van der Waals surface area contributed by atoms with Crippen LogP contribution < -0.4 is 16.2 Å². The molecule has 3 N–H and O–H groups in total. The van der Waals surface area contributed by atoms with Gasteiger partial charge in [0.1, 0.15) is 6.04 Å². The van der Waals surface area contributed by atoms with Crippen LogP contribution in [0.4, 0.5) is 5.69 Å². The average Bonchev–Trinajstić information content (AvgIpc) is 2.42. The molecule has 4 heteroatoms.